The molecule has 12 rings (SSSR count). The Morgan fingerprint density at radius 2 is 0.774 bits per heavy atom. The Morgan fingerprint density at radius 1 is 0.473 bits per heavy atom. The third kappa shape index (κ3) is 14.5. The van der Waals surface area contributed by atoms with Crippen molar-refractivity contribution in [2.75, 3.05) is 0 Å². The normalized spacial score (nSPS) is 18.5. The van der Waals surface area contributed by atoms with E-state index in [0.29, 0.717) is 72.3 Å². The minimum absolute atomic E-state index is 0.000724. The van der Waals surface area contributed by atoms with E-state index in [-0.39, 0.29) is 105 Å². The number of rotatable bonds is 20. The van der Waals surface area contributed by atoms with Crippen molar-refractivity contribution in [3.63, 3.8) is 0 Å². The number of nitrogens with zero attached hydrogens (tertiary/aromatic N) is 3. The highest BCUT2D eigenvalue weighted by atomic mass is 32.1. The van der Waals surface area contributed by atoms with Crippen LogP contribution in [0.5, 0.6) is 5.75 Å². The Balaban J connectivity index is 0.000000153. The number of fused-ring (bicyclic) bond motifs is 3. The Labute approximate surface area is 545 Å². The first-order chi connectivity index (χ1) is 44.5. The number of Topliss-reactive ketones (excluding diaryl/α,β-unsaturated/α-hetero) is 6. The van der Waals surface area contributed by atoms with E-state index in [9.17, 15) is 77.0 Å². The van der Waals surface area contributed by atoms with E-state index in [1.54, 1.807) is 52.5 Å². The van der Waals surface area contributed by atoms with Gasteiger partial charge in [-0.15, -0.1) is 34.0 Å². The van der Waals surface area contributed by atoms with E-state index in [1.165, 1.54) is 73.0 Å². The second-order valence-electron chi connectivity index (χ2n) is 23.5. The summed E-state index contributed by atoms with van der Waals surface area (Å²) in [4.78, 5) is 190. The molecule has 3 aromatic heterocycles. The Bertz CT molecular complexity index is 3930. The number of aryl methyl sites for hydroxylation is 4. The van der Waals surface area contributed by atoms with Crippen LogP contribution in [-0.2, 0) is 82.0 Å². The van der Waals surface area contributed by atoms with Gasteiger partial charge in [-0.1, -0.05) is 67.9 Å². The predicted molar refractivity (Wildman–Crippen MR) is 339 cm³/mol. The van der Waals surface area contributed by atoms with Crippen molar-refractivity contribution in [2.45, 2.75) is 148 Å². The molecule has 22 nitrogen and oxygen atoms in total. The summed E-state index contributed by atoms with van der Waals surface area (Å²) in [6.07, 6.45) is 3.68. The molecular weight excluding hydrogens is 1250 g/mol. The molecule has 3 aromatic carbocycles. The molecule has 6 aromatic rings. The topological polar surface area (TPSA) is 322 Å². The number of ketones is 6. The molecule has 9 amide bonds. The molecule has 6 aliphatic rings. The summed E-state index contributed by atoms with van der Waals surface area (Å²) in [5.41, 5.74) is 7.13. The lowest BCUT2D eigenvalue weighted by Crippen LogP contribution is -2.52. The first-order valence-corrected chi connectivity index (χ1v) is 33.0. The second kappa shape index (κ2) is 28.5. The molecule has 4 atom stereocenters. The molecule has 25 heteroatoms. The summed E-state index contributed by atoms with van der Waals surface area (Å²) in [6, 6.07) is 17.6. The molecule has 0 aliphatic carbocycles. The number of aromatic hydroxyl groups is 1. The number of nitrogens with one attached hydrogen (secondary N) is 3. The van der Waals surface area contributed by atoms with Crippen LogP contribution in [-0.4, -0.2) is 126 Å². The van der Waals surface area contributed by atoms with Gasteiger partial charge in [-0.2, -0.15) is 0 Å². The van der Waals surface area contributed by atoms with Gasteiger partial charge in [0, 0.05) is 106 Å². The molecule has 3 saturated heterocycles. The smallest absolute Gasteiger partial charge is 0.256 e. The number of amides is 9. The molecular formula is C68H64N6O16S3. The number of piperidine rings is 3. The van der Waals surface area contributed by atoms with Gasteiger partial charge in [-0.05, 0) is 104 Å². The lowest BCUT2D eigenvalue weighted by molar-refractivity contribution is -0.138. The fraction of sp³-hybridized carbons (Fsp3) is 0.338. The molecule has 9 heterocycles. The first-order valence-electron chi connectivity index (χ1n) is 30.4. The van der Waals surface area contributed by atoms with Crippen LogP contribution >= 0.6 is 34.0 Å². The van der Waals surface area contributed by atoms with Crippen molar-refractivity contribution in [1.29, 1.82) is 0 Å². The summed E-state index contributed by atoms with van der Waals surface area (Å²) in [5, 5.41) is 21.3. The highest BCUT2D eigenvalue weighted by Crippen LogP contribution is 2.38. The minimum Gasteiger partial charge on any atom is -0.508 e. The number of hydrogen-bond donors (Lipinski definition) is 4. The standard InChI is InChI=1S/C25H26N2O5S.C22H20N2O5S.C21H18N2O6S/c1-3-14(2)15-4-6-16(7-5-15)23(30)20(28)9-10-21-17-12-27(25(32)18(17)13-33-21)19-8-11-22(29)26-24(19)31;1-12-2-4-13(5-3-12)20(27)17(25)7-8-18-14-10-24(22(29)15(14)11-30-18)16-6-9-19(26)23-21(16)28;24-12-3-1-11(2-4-12)19(27)16(25)6-7-17-13-9-23(21(29)14(13)10-30-17)15-5-8-18(26)22-20(15)28/h4-7,13-14,19H,3,8-12H2,1-2H3,(H,26,29,31);2-5,11,16H,6-10H2,1H3,(H,23,26,28);1-4,10,15,24H,5-9H2,(H,22,26,28). The predicted octanol–water partition coefficient (Wildman–Crippen LogP) is 7.21. The third-order valence-corrected chi connectivity index (χ3v) is 20.7. The fourth-order valence-electron chi connectivity index (χ4n) is 11.9. The molecule has 3 fully saturated rings. The summed E-state index contributed by atoms with van der Waals surface area (Å²) < 4.78 is 0. The van der Waals surface area contributed by atoms with E-state index in [4.69, 9.17) is 0 Å². The molecule has 0 bridgehead atoms. The van der Waals surface area contributed by atoms with Crippen LogP contribution in [0.3, 0.4) is 0 Å². The SMILES string of the molecule is CCC(C)c1ccc(C(=O)C(=O)CCc2scc3c2CN(C2CCC(=O)NC2=O)C3=O)cc1.Cc1ccc(C(=O)C(=O)CCc2scc3c2CN(C2CCC(=O)NC2=O)C3=O)cc1.O=C1CCC(N2Cc3c(csc3CCC(=O)C(=O)c3ccc(O)cc3)C2=O)C(=O)N1. The van der Waals surface area contributed by atoms with Crippen LogP contribution in [0.1, 0.15) is 189 Å². The highest BCUT2D eigenvalue weighted by Gasteiger charge is 2.44. The largest absolute Gasteiger partial charge is 0.508 e. The summed E-state index contributed by atoms with van der Waals surface area (Å²) in [6.45, 7) is 6.93. The van der Waals surface area contributed by atoms with Crippen molar-refractivity contribution in [3.8, 4) is 5.75 Å². The minimum atomic E-state index is -0.682. The first kappa shape index (κ1) is 66.3. The highest BCUT2D eigenvalue weighted by molar-refractivity contribution is 7.11. The fourth-order valence-corrected chi connectivity index (χ4v) is 15.0. The molecule has 0 saturated carbocycles. The van der Waals surface area contributed by atoms with Crippen LogP contribution in [0.15, 0.2) is 88.9 Å². The molecule has 93 heavy (non-hydrogen) atoms. The van der Waals surface area contributed by atoms with Gasteiger partial charge in [0.25, 0.3) is 17.7 Å². The van der Waals surface area contributed by atoms with E-state index >= 15 is 0 Å². The van der Waals surface area contributed by atoms with Gasteiger partial charge in [0.2, 0.25) is 70.1 Å². The summed E-state index contributed by atoms with van der Waals surface area (Å²) in [5.74, 6) is -5.77. The number of hydrogen-bond acceptors (Lipinski definition) is 19. The quantitative estimate of drug-likeness (QED) is 0.0333. The number of phenolic OH excluding ortho intramolecular Hbond substituents is 1. The van der Waals surface area contributed by atoms with Crippen molar-refractivity contribution in [3.05, 3.63) is 165 Å². The van der Waals surface area contributed by atoms with E-state index < -0.39 is 70.5 Å². The van der Waals surface area contributed by atoms with Gasteiger partial charge < -0.3 is 19.8 Å². The lowest BCUT2D eigenvalue weighted by Gasteiger charge is -2.29. The van der Waals surface area contributed by atoms with Gasteiger partial charge in [0.15, 0.2) is 0 Å². The molecule has 4 unspecified atom stereocenters. The zero-order valence-electron chi connectivity index (χ0n) is 50.9. The number of carbonyl (C=O) groups is 15. The van der Waals surface area contributed by atoms with Crippen molar-refractivity contribution < 1.29 is 77.0 Å². The molecule has 0 spiro atoms. The van der Waals surface area contributed by atoms with Gasteiger partial charge in [0.1, 0.15) is 23.9 Å². The van der Waals surface area contributed by atoms with Crippen LogP contribution in [0.4, 0.5) is 0 Å². The van der Waals surface area contributed by atoms with Crippen LogP contribution in [0.25, 0.3) is 0 Å². The number of benzene rings is 3. The molecule has 6 aliphatic heterocycles. The maximum atomic E-state index is 12.8. The van der Waals surface area contributed by atoms with E-state index in [0.717, 1.165) is 48.9 Å². The number of imide groups is 3. The van der Waals surface area contributed by atoms with E-state index in [1.807, 2.05) is 19.1 Å². The Kier molecular flexibility index (Phi) is 20.3. The third-order valence-electron chi connectivity index (χ3n) is 17.5. The number of phenols is 1. The van der Waals surface area contributed by atoms with Gasteiger partial charge in [-0.25, -0.2) is 0 Å². The summed E-state index contributed by atoms with van der Waals surface area (Å²) in [7, 11) is 0. The van der Waals surface area contributed by atoms with Crippen LogP contribution in [0, 0.1) is 6.92 Å². The van der Waals surface area contributed by atoms with Gasteiger partial charge in [-0.3, -0.25) is 87.9 Å². The maximum absolute atomic E-state index is 12.8. The molecule has 480 valence electrons. The van der Waals surface area contributed by atoms with Crippen LogP contribution < -0.4 is 16.0 Å². The Morgan fingerprint density at radius 3 is 1.08 bits per heavy atom. The second-order valence-corrected chi connectivity index (χ2v) is 26.3. The van der Waals surface area contributed by atoms with Crippen LogP contribution in [0.2, 0.25) is 0 Å². The number of carbonyl (C=O) groups excluding carboxylic acids is 15. The molecule has 4 N–H and O–H groups in total. The summed E-state index contributed by atoms with van der Waals surface area (Å²) >= 11 is 4.15. The van der Waals surface area contributed by atoms with Gasteiger partial charge in [0.05, 0.1) is 16.7 Å². The average molecular weight is 1320 g/mol. The van der Waals surface area contributed by atoms with Gasteiger partial charge >= 0.3 is 0 Å². The maximum Gasteiger partial charge on any atom is 0.256 e. The van der Waals surface area contributed by atoms with Crippen molar-refractivity contribution in [1.82, 2.24) is 30.7 Å². The lowest BCUT2D eigenvalue weighted by atomic mass is 9.95. The monoisotopic (exact) mass is 1320 g/mol. The zero-order valence-corrected chi connectivity index (χ0v) is 53.4. The average Bonchev–Trinajstić information content (AvgIpc) is 1.64. The van der Waals surface area contributed by atoms with Crippen molar-refractivity contribution >= 4 is 122 Å². The Hall–Kier alpha value is -9.59. The van der Waals surface area contributed by atoms with E-state index in [2.05, 4.69) is 29.8 Å². The molecule has 0 radical (unpaired) electrons. The number of thiophene rings is 3. The van der Waals surface area contributed by atoms with Crippen molar-refractivity contribution in [2.24, 2.45) is 0 Å². The zero-order chi connectivity index (χ0) is 66.5.